The van der Waals surface area contributed by atoms with Gasteiger partial charge in [-0.15, -0.1) is 0 Å². The number of aromatic nitrogens is 1. The van der Waals surface area contributed by atoms with E-state index in [1.54, 1.807) is 13.0 Å². The van der Waals surface area contributed by atoms with Crippen LogP contribution in [0.25, 0.3) is 0 Å². The number of carbonyl (C=O) groups is 3. The third kappa shape index (κ3) is 5.23. The van der Waals surface area contributed by atoms with Gasteiger partial charge in [0, 0.05) is 20.2 Å². The average Bonchev–Trinajstić information content (AvgIpc) is 3.01. The van der Waals surface area contributed by atoms with Gasteiger partial charge in [-0.2, -0.15) is 0 Å². The molecule has 3 N–H and O–H groups in total. The molecule has 1 rings (SSSR count). The highest BCUT2D eigenvalue weighted by molar-refractivity contribution is 5.94. The van der Waals surface area contributed by atoms with Gasteiger partial charge in [-0.3, -0.25) is 9.59 Å². The topological polar surface area (TPSA) is 131 Å². The number of esters is 1. The second kappa shape index (κ2) is 8.71. The van der Waals surface area contributed by atoms with Crippen molar-refractivity contribution in [1.82, 2.24) is 20.3 Å². The standard InChI is InChI=1S/C15H23N5O5/c1-9-6-11(18-25-9)7-19(3)14(22)12(13(16)20(4)8-21)17-10(2)15(23)24-5/h6,8,10,17H,7,16H2,1-5H3/b13-12+. The molecule has 1 heterocycles. The second-order valence-electron chi connectivity index (χ2n) is 5.46. The predicted octanol–water partition coefficient (Wildman–Crippen LogP) is -0.691. The summed E-state index contributed by atoms with van der Waals surface area (Å²) in [6, 6.07) is 0.851. The summed E-state index contributed by atoms with van der Waals surface area (Å²) in [4.78, 5) is 37.7. The van der Waals surface area contributed by atoms with Gasteiger partial charge in [0.05, 0.1) is 13.7 Å². The summed E-state index contributed by atoms with van der Waals surface area (Å²) in [7, 11) is 4.15. The van der Waals surface area contributed by atoms with Crippen molar-refractivity contribution in [2.24, 2.45) is 5.73 Å². The molecule has 10 heteroatoms. The summed E-state index contributed by atoms with van der Waals surface area (Å²) in [5.74, 6) is -0.618. The molecule has 1 atom stereocenters. The molecule has 0 aliphatic carbocycles. The largest absolute Gasteiger partial charge is 0.467 e. The number of nitrogens with zero attached hydrogens (tertiary/aromatic N) is 3. The zero-order chi connectivity index (χ0) is 19.1. The Bertz CT molecular complexity index is 669. The molecule has 1 aromatic rings. The highest BCUT2D eigenvalue weighted by Crippen LogP contribution is 2.10. The minimum absolute atomic E-state index is 0.102. The van der Waals surface area contributed by atoms with Crippen molar-refractivity contribution < 1.29 is 23.6 Å². The van der Waals surface area contributed by atoms with Crippen LogP contribution in [0.5, 0.6) is 0 Å². The van der Waals surface area contributed by atoms with Crippen LogP contribution in [0.4, 0.5) is 0 Å². The summed E-state index contributed by atoms with van der Waals surface area (Å²) in [5, 5.41) is 6.52. The van der Waals surface area contributed by atoms with Gasteiger partial charge < -0.3 is 30.1 Å². The number of rotatable bonds is 8. The Morgan fingerprint density at radius 3 is 2.60 bits per heavy atom. The minimum atomic E-state index is -0.842. The maximum absolute atomic E-state index is 12.7. The number of amides is 2. The molecule has 0 aliphatic heterocycles. The fraction of sp³-hybridized carbons (Fsp3) is 0.467. The van der Waals surface area contributed by atoms with E-state index in [0.717, 1.165) is 4.90 Å². The molecule has 0 saturated heterocycles. The maximum atomic E-state index is 12.7. The van der Waals surface area contributed by atoms with Crippen LogP contribution in [-0.2, 0) is 25.7 Å². The van der Waals surface area contributed by atoms with Gasteiger partial charge in [0.2, 0.25) is 6.41 Å². The summed E-state index contributed by atoms with van der Waals surface area (Å²) in [6.07, 6.45) is 0.452. The van der Waals surface area contributed by atoms with Crippen LogP contribution < -0.4 is 11.1 Å². The SMILES string of the molecule is COC(=O)C(C)N/C(C(=O)N(C)Cc1cc(C)on1)=C(\N)N(C)C=O. The van der Waals surface area contributed by atoms with Crippen LogP contribution in [0.15, 0.2) is 22.1 Å². The molecule has 0 radical (unpaired) electrons. The number of likely N-dealkylation sites (N-methyl/N-ethyl adjacent to an activating group) is 1. The third-order valence-corrected chi connectivity index (χ3v) is 3.35. The molecule has 0 saturated carbocycles. The third-order valence-electron chi connectivity index (χ3n) is 3.35. The summed E-state index contributed by atoms with van der Waals surface area (Å²) in [5.41, 5.74) is 6.33. The molecule has 1 unspecified atom stereocenters. The van der Waals surface area contributed by atoms with E-state index in [-0.39, 0.29) is 18.1 Å². The minimum Gasteiger partial charge on any atom is -0.467 e. The molecular formula is C15H23N5O5. The fourth-order valence-electron chi connectivity index (χ4n) is 1.93. The molecular weight excluding hydrogens is 330 g/mol. The van der Waals surface area contributed by atoms with Crippen LogP contribution >= 0.6 is 0 Å². The first-order valence-electron chi connectivity index (χ1n) is 7.41. The van der Waals surface area contributed by atoms with Crippen molar-refractivity contribution in [1.29, 1.82) is 0 Å². The first-order valence-corrected chi connectivity index (χ1v) is 7.41. The number of nitrogens with two attached hydrogens (primary N) is 1. The maximum Gasteiger partial charge on any atom is 0.327 e. The van der Waals surface area contributed by atoms with E-state index >= 15 is 0 Å². The molecule has 10 nitrogen and oxygen atoms in total. The lowest BCUT2D eigenvalue weighted by Gasteiger charge is -2.24. The summed E-state index contributed by atoms with van der Waals surface area (Å²) < 4.78 is 9.59. The molecule has 0 spiro atoms. The Kier molecular flexibility index (Phi) is 6.97. The van der Waals surface area contributed by atoms with Crippen molar-refractivity contribution in [2.75, 3.05) is 21.2 Å². The summed E-state index contributed by atoms with van der Waals surface area (Å²) in [6.45, 7) is 3.40. The van der Waals surface area contributed by atoms with Crippen molar-refractivity contribution in [3.8, 4) is 0 Å². The predicted molar refractivity (Wildman–Crippen MR) is 87.4 cm³/mol. The number of hydrogen-bond donors (Lipinski definition) is 2. The van der Waals surface area contributed by atoms with E-state index in [2.05, 4.69) is 15.2 Å². The van der Waals surface area contributed by atoms with Crippen molar-refractivity contribution in [2.45, 2.75) is 26.4 Å². The molecule has 1 aromatic heterocycles. The fourth-order valence-corrected chi connectivity index (χ4v) is 1.93. The van der Waals surface area contributed by atoms with Gasteiger partial charge in [-0.05, 0) is 13.8 Å². The van der Waals surface area contributed by atoms with E-state index in [1.807, 2.05) is 0 Å². The van der Waals surface area contributed by atoms with E-state index in [4.69, 9.17) is 10.3 Å². The number of hydrogen-bond acceptors (Lipinski definition) is 8. The molecule has 0 bridgehead atoms. The smallest absolute Gasteiger partial charge is 0.327 e. The van der Waals surface area contributed by atoms with Crippen LogP contribution in [0.1, 0.15) is 18.4 Å². The summed E-state index contributed by atoms with van der Waals surface area (Å²) >= 11 is 0. The van der Waals surface area contributed by atoms with E-state index in [1.165, 1.54) is 33.0 Å². The number of aryl methyl sites for hydroxylation is 1. The average molecular weight is 353 g/mol. The lowest BCUT2D eigenvalue weighted by Crippen LogP contribution is -2.44. The Balaban J connectivity index is 3.06. The van der Waals surface area contributed by atoms with Gasteiger partial charge in [0.1, 0.15) is 29.0 Å². The Morgan fingerprint density at radius 1 is 1.48 bits per heavy atom. The number of methoxy groups -OCH3 is 1. The van der Waals surface area contributed by atoms with Crippen LogP contribution in [0.3, 0.4) is 0 Å². The van der Waals surface area contributed by atoms with Gasteiger partial charge in [-0.1, -0.05) is 5.16 Å². The molecule has 0 fully saturated rings. The molecule has 138 valence electrons. The van der Waals surface area contributed by atoms with Gasteiger partial charge in [-0.25, -0.2) is 4.79 Å². The van der Waals surface area contributed by atoms with Crippen LogP contribution in [0, 0.1) is 6.92 Å². The van der Waals surface area contributed by atoms with Crippen molar-refractivity contribution >= 4 is 18.3 Å². The molecule has 25 heavy (non-hydrogen) atoms. The van der Waals surface area contributed by atoms with Crippen LogP contribution in [0.2, 0.25) is 0 Å². The normalized spacial score (nSPS) is 12.7. The molecule has 0 aliphatic rings. The number of nitrogens with one attached hydrogen (secondary N) is 1. The zero-order valence-corrected chi connectivity index (χ0v) is 14.9. The second-order valence-corrected chi connectivity index (χ2v) is 5.46. The van der Waals surface area contributed by atoms with Crippen molar-refractivity contribution in [3.05, 3.63) is 29.0 Å². The highest BCUT2D eigenvalue weighted by Gasteiger charge is 2.25. The van der Waals surface area contributed by atoms with E-state index in [0.29, 0.717) is 17.9 Å². The lowest BCUT2D eigenvalue weighted by atomic mass is 10.2. The Morgan fingerprint density at radius 2 is 2.12 bits per heavy atom. The first-order chi connectivity index (χ1) is 11.7. The number of ether oxygens (including phenoxy) is 1. The molecule has 0 aromatic carbocycles. The Hall–Kier alpha value is -3.04. The molecule has 2 amide bonds. The first kappa shape index (κ1) is 20.0. The quantitative estimate of drug-likeness (QED) is 0.357. The monoisotopic (exact) mass is 353 g/mol. The van der Waals surface area contributed by atoms with E-state index < -0.39 is 17.9 Å². The van der Waals surface area contributed by atoms with Gasteiger partial charge >= 0.3 is 5.97 Å². The Labute approximate surface area is 145 Å². The van der Waals surface area contributed by atoms with E-state index in [9.17, 15) is 14.4 Å². The number of carbonyl (C=O) groups excluding carboxylic acids is 3. The van der Waals surface area contributed by atoms with Crippen molar-refractivity contribution in [3.63, 3.8) is 0 Å². The zero-order valence-electron chi connectivity index (χ0n) is 14.9. The van der Waals surface area contributed by atoms with Gasteiger partial charge in [0.15, 0.2) is 0 Å². The lowest BCUT2D eigenvalue weighted by molar-refractivity contribution is -0.142. The highest BCUT2D eigenvalue weighted by atomic mass is 16.5. The van der Waals surface area contributed by atoms with Crippen LogP contribution in [-0.4, -0.2) is 60.5 Å². The van der Waals surface area contributed by atoms with Gasteiger partial charge in [0.25, 0.3) is 5.91 Å².